The Kier molecular flexibility index (Phi) is 5.34. The highest BCUT2D eigenvalue weighted by Crippen LogP contribution is 2.29. The first-order chi connectivity index (χ1) is 14.6. The number of nitrogens with one attached hydrogen (secondary N) is 1. The predicted octanol–water partition coefficient (Wildman–Crippen LogP) is 5.31. The lowest BCUT2D eigenvalue weighted by Gasteiger charge is -2.12. The van der Waals surface area contributed by atoms with Gasteiger partial charge in [-0.15, -0.1) is 0 Å². The first-order valence-corrected chi connectivity index (χ1v) is 9.52. The van der Waals surface area contributed by atoms with Gasteiger partial charge in [-0.3, -0.25) is 4.79 Å². The van der Waals surface area contributed by atoms with Crippen molar-refractivity contribution in [1.29, 1.82) is 5.26 Å². The van der Waals surface area contributed by atoms with E-state index in [1.54, 1.807) is 6.07 Å². The van der Waals surface area contributed by atoms with Crippen LogP contribution >= 0.6 is 11.6 Å². The Bertz CT molecular complexity index is 1290. The maximum atomic E-state index is 12.9. The minimum absolute atomic E-state index is 0.231. The molecule has 0 heterocycles. The van der Waals surface area contributed by atoms with Crippen LogP contribution in [0, 0.1) is 11.3 Å². The monoisotopic (exact) mass is 414 g/mol. The van der Waals surface area contributed by atoms with E-state index in [0.29, 0.717) is 16.8 Å². The summed E-state index contributed by atoms with van der Waals surface area (Å²) < 4.78 is 5.32. The molecule has 0 atom stereocenters. The van der Waals surface area contributed by atoms with Crippen molar-refractivity contribution < 1.29 is 14.3 Å². The molecule has 0 aliphatic rings. The van der Waals surface area contributed by atoms with Crippen LogP contribution in [-0.4, -0.2) is 18.5 Å². The van der Waals surface area contributed by atoms with Gasteiger partial charge < -0.3 is 10.1 Å². The van der Waals surface area contributed by atoms with Crippen molar-refractivity contribution in [3.05, 3.63) is 88.9 Å². The van der Waals surface area contributed by atoms with Crippen molar-refractivity contribution in [2.45, 2.75) is 0 Å². The topological polar surface area (TPSA) is 79.2 Å². The van der Waals surface area contributed by atoms with E-state index in [4.69, 9.17) is 21.6 Å². The molecule has 0 fully saturated rings. The highest BCUT2D eigenvalue weighted by atomic mass is 35.5. The van der Waals surface area contributed by atoms with Gasteiger partial charge in [-0.2, -0.15) is 5.26 Å². The van der Waals surface area contributed by atoms with Crippen LogP contribution in [0.5, 0.6) is 0 Å². The van der Waals surface area contributed by atoms with Crippen LogP contribution in [0.25, 0.3) is 21.5 Å². The van der Waals surface area contributed by atoms with Gasteiger partial charge in [0.15, 0.2) is 6.61 Å². The Morgan fingerprint density at radius 1 is 0.933 bits per heavy atom. The van der Waals surface area contributed by atoms with Gasteiger partial charge in [0.2, 0.25) is 0 Å². The van der Waals surface area contributed by atoms with Gasteiger partial charge in [0.25, 0.3) is 5.91 Å². The molecule has 4 rings (SSSR count). The Labute approximate surface area is 177 Å². The predicted molar refractivity (Wildman–Crippen MR) is 117 cm³/mol. The summed E-state index contributed by atoms with van der Waals surface area (Å²) in [5.41, 5.74) is 1.15. The van der Waals surface area contributed by atoms with E-state index in [2.05, 4.69) is 5.32 Å². The second kappa shape index (κ2) is 8.24. The molecule has 5 nitrogen and oxygen atoms in total. The normalized spacial score (nSPS) is 10.5. The van der Waals surface area contributed by atoms with Gasteiger partial charge in [0, 0.05) is 5.69 Å². The molecule has 30 heavy (non-hydrogen) atoms. The van der Waals surface area contributed by atoms with E-state index in [0.717, 1.165) is 21.5 Å². The summed E-state index contributed by atoms with van der Waals surface area (Å²) in [5, 5.41) is 15.1. The number of amides is 1. The number of carbonyl (C=O) groups excluding carboxylic acids is 2. The van der Waals surface area contributed by atoms with E-state index in [-0.39, 0.29) is 5.02 Å². The van der Waals surface area contributed by atoms with Gasteiger partial charge in [0.1, 0.15) is 6.07 Å². The van der Waals surface area contributed by atoms with Crippen LogP contribution in [0.15, 0.2) is 72.8 Å². The molecule has 1 N–H and O–H groups in total. The number of hydrogen-bond acceptors (Lipinski definition) is 4. The fraction of sp³-hybridized carbons (Fsp3) is 0.0417. The second-order valence-electron chi connectivity index (χ2n) is 6.62. The summed E-state index contributed by atoms with van der Waals surface area (Å²) in [6.45, 7) is -0.450. The molecule has 1 amide bonds. The average molecular weight is 415 g/mol. The molecule has 0 bridgehead atoms. The van der Waals surface area contributed by atoms with Crippen LogP contribution in [-0.2, 0) is 9.53 Å². The fourth-order valence-corrected chi connectivity index (χ4v) is 3.54. The molecule has 0 radical (unpaired) electrons. The molecule has 0 aliphatic heterocycles. The molecule has 0 aromatic heterocycles. The number of esters is 1. The number of halogens is 1. The van der Waals surface area contributed by atoms with Crippen LogP contribution in [0.3, 0.4) is 0 Å². The summed E-state index contributed by atoms with van der Waals surface area (Å²) in [5.74, 6) is -1.08. The number of benzene rings is 4. The van der Waals surface area contributed by atoms with Gasteiger partial charge in [0.05, 0.1) is 16.1 Å². The van der Waals surface area contributed by atoms with Crippen LogP contribution in [0.1, 0.15) is 15.9 Å². The number of anilines is 1. The SMILES string of the molecule is N#Cc1ccc(NC(=O)COC(=O)c2c3ccccc3cc3ccccc23)cc1Cl. The average Bonchev–Trinajstić information content (AvgIpc) is 2.76. The standard InChI is InChI=1S/C24H15ClN2O3/c25-21-12-18(10-9-17(21)13-26)27-22(28)14-30-24(29)23-19-7-3-1-5-15(19)11-16-6-2-4-8-20(16)23/h1-12H,14H2,(H,27,28). The molecule has 0 spiro atoms. The zero-order valence-electron chi connectivity index (χ0n) is 15.7. The Balaban J connectivity index is 1.55. The van der Waals surface area contributed by atoms with E-state index < -0.39 is 18.5 Å². The Morgan fingerprint density at radius 3 is 2.17 bits per heavy atom. The first kappa shape index (κ1) is 19.4. The maximum Gasteiger partial charge on any atom is 0.339 e. The third kappa shape index (κ3) is 3.82. The van der Waals surface area contributed by atoms with E-state index in [9.17, 15) is 9.59 Å². The molecule has 4 aromatic carbocycles. The third-order valence-electron chi connectivity index (χ3n) is 4.68. The lowest BCUT2D eigenvalue weighted by Crippen LogP contribution is -2.21. The number of nitriles is 1. The molecular weight excluding hydrogens is 400 g/mol. The van der Waals surface area contributed by atoms with Gasteiger partial charge in [-0.25, -0.2) is 4.79 Å². The van der Waals surface area contributed by atoms with Crippen LogP contribution in [0.2, 0.25) is 5.02 Å². The Hall–Kier alpha value is -3.88. The minimum atomic E-state index is -0.573. The van der Waals surface area contributed by atoms with Gasteiger partial charge in [-0.1, -0.05) is 60.1 Å². The summed E-state index contributed by atoms with van der Waals surface area (Å²) >= 11 is 5.97. The van der Waals surface area contributed by atoms with Crippen molar-refractivity contribution in [2.75, 3.05) is 11.9 Å². The largest absolute Gasteiger partial charge is 0.452 e. The van der Waals surface area contributed by atoms with E-state index >= 15 is 0 Å². The lowest BCUT2D eigenvalue weighted by atomic mass is 9.97. The zero-order chi connectivity index (χ0) is 21.1. The third-order valence-corrected chi connectivity index (χ3v) is 5.00. The number of rotatable bonds is 4. The lowest BCUT2D eigenvalue weighted by molar-refractivity contribution is -0.119. The van der Waals surface area contributed by atoms with Crippen molar-refractivity contribution in [3.8, 4) is 6.07 Å². The van der Waals surface area contributed by atoms with Gasteiger partial charge >= 0.3 is 5.97 Å². The zero-order valence-corrected chi connectivity index (χ0v) is 16.4. The maximum absolute atomic E-state index is 12.9. The fourth-order valence-electron chi connectivity index (χ4n) is 3.32. The number of ether oxygens (including phenoxy) is 1. The van der Waals surface area contributed by atoms with Crippen molar-refractivity contribution in [2.24, 2.45) is 0 Å². The minimum Gasteiger partial charge on any atom is -0.452 e. The molecule has 0 aliphatic carbocycles. The van der Waals surface area contributed by atoms with Crippen molar-refractivity contribution in [3.63, 3.8) is 0 Å². The number of fused-ring (bicyclic) bond motifs is 2. The number of carbonyl (C=O) groups is 2. The molecule has 6 heteroatoms. The van der Waals surface area contributed by atoms with Crippen molar-refractivity contribution in [1.82, 2.24) is 0 Å². The summed E-state index contributed by atoms with van der Waals surface area (Å²) in [6, 6.07) is 23.6. The Morgan fingerprint density at radius 2 is 1.57 bits per heavy atom. The quantitative estimate of drug-likeness (QED) is 0.362. The molecule has 0 saturated carbocycles. The van der Waals surface area contributed by atoms with E-state index in [1.165, 1.54) is 12.1 Å². The molecule has 4 aromatic rings. The molecule has 146 valence electrons. The van der Waals surface area contributed by atoms with Gasteiger partial charge in [-0.05, 0) is 45.8 Å². The number of nitrogens with zero attached hydrogens (tertiary/aromatic N) is 1. The second-order valence-corrected chi connectivity index (χ2v) is 7.03. The highest BCUT2D eigenvalue weighted by molar-refractivity contribution is 6.32. The molecule has 0 unspecified atom stereocenters. The highest BCUT2D eigenvalue weighted by Gasteiger charge is 2.17. The molecular formula is C24H15ClN2O3. The summed E-state index contributed by atoms with van der Waals surface area (Å²) in [7, 11) is 0. The first-order valence-electron chi connectivity index (χ1n) is 9.14. The van der Waals surface area contributed by atoms with Crippen LogP contribution < -0.4 is 5.32 Å². The smallest absolute Gasteiger partial charge is 0.339 e. The summed E-state index contributed by atoms with van der Waals surface area (Å²) in [6.07, 6.45) is 0. The summed E-state index contributed by atoms with van der Waals surface area (Å²) in [4.78, 5) is 25.2. The van der Waals surface area contributed by atoms with E-state index in [1.807, 2.05) is 60.7 Å². The number of hydrogen-bond donors (Lipinski definition) is 1. The molecule has 0 saturated heterocycles. The van der Waals surface area contributed by atoms with Crippen molar-refractivity contribution >= 4 is 50.7 Å². The van der Waals surface area contributed by atoms with Crippen LogP contribution in [0.4, 0.5) is 5.69 Å².